The van der Waals surface area contributed by atoms with E-state index in [9.17, 15) is 0 Å². The molecular formula is C18H28IN5O2. The van der Waals surface area contributed by atoms with Crippen molar-refractivity contribution in [2.45, 2.75) is 19.9 Å². The Morgan fingerprint density at radius 1 is 1.15 bits per heavy atom. The number of methoxy groups -OCH3 is 2. The van der Waals surface area contributed by atoms with Crippen LogP contribution < -0.4 is 20.1 Å². The van der Waals surface area contributed by atoms with E-state index in [0.29, 0.717) is 0 Å². The monoisotopic (exact) mass is 473 g/mol. The van der Waals surface area contributed by atoms with E-state index in [2.05, 4.69) is 20.7 Å². The lowest BCUT2D eigenvalue weighted by molar-refractivity contribution is 0.354. The lowest BCUT2D eigenvalue weighted by atomic mass is 10.1. The molecule has 0 aliphatic rings. The Morgan fingerprint density at radius 3 is 2.50 bits per heavy atom. The highest BCUT2D eigenvalue weighted by molar-refractivity contribution is 14.0. The first-order chi connectivity index (χ1) is 12.2. The summed E-state index contributed by atoms with van der Waals surface area (Å²) >= 11 is 0. The van der Waals surface area contributed by atoms with Gasteiger partial charge in [0.2, 0.25) is 0 Å². The second-order valence-electron chi connectivity index (χ2n) is 5.65. The summed E-state index contributed by atoms with van der Waals surface area (Å²) in [7, 11) is 5.05. The van der Waals surface area contributed by atoms with Crippen LogP contribution in [0.25, 0.3) is 0 Å². The van der Waals surface area contributed by atoms with E-state index in [1.807, 2.05) is 42.2 Å². The van der Waals surface area contributed by atoms with Crippen LogP contribution in [-0.4, -0.2) is 50.1 Å². The fourth-order valence-electron chi connectivity index (χ4n) is 2.46. The maximum Gasteiger partial charge on any atom is 0.191 e. The van der Waals surface area contributed by atoms with Gasteiger partial charge in [-0.05, 0) is 36.6 Å². The van der Waals surface area contributed by atoms with E-state index in [1.165, 1.54) is 5.56 Å². The third-order valence-electron chi connectivity index (χ3n) is 3.77. The number of aryl methyl sites for hydroxylation is 1. The molecule has 2 aromatic rings. The third kappa shape index (κ3) is 6.74. The quantitative estimate of drug-likeness (QED) is 0.350. The average molecular weight is 473 g/mol. The van der Waals surface area contributed by atoms with Gasteiger partial charge in [0.25, 0.3) is 0 Å². The Hall–Kier alpha value is -1.97. The van der Waals surface area contributed by atoms with Crippen LogP contribution in [0.5, 0.6) is 11.5 Å². The molecule has 8 heteroatoms. The first-order valence-corrected chi connectivity index (χ1v) is 8.30. The number of rotatable bonds is 8. The predicted octanol–water partition coefficient (Wildman–Crippen LogP) is 2.23. The van der Waals surface area contributed by atoms with Gasteiger partial charge in [-0.2, -0.15) is 5.10 Å². The minimum Gasteiger partial charge on any atom is -0.493 e. The van der Waals surface area contributed by atoms with Crippen molar-refractivity contribution < 1.29 is 9.47 Å². The molecule has 26 heavy (non-hydrogen) atoms. The van der Waals surface area contributed by atoms with Crippen LogP contribution in [0.1, 0.15) is 11.1 Å². The zero-order valence-electron chi connectivity index (χ0n) is 15.8. The van der Waals surface area contributed by atoms with Crippen molar-refractivity contribution in [2.75, 3.05) is 34.4 Å². The summed E-state index contributed by atoms with van der Waals surface area (Å²) in [5.74, 6) is 2.27. The zero-order chi connectivity index (χ0) is 18.1. The second kappa shape index (κ2) is 11.6. The zero-order valence-corrected chi connectivity index (χ0v) is 18.1. The second-order valence-corrected chi connectivity index (χ2v) is 5.65. The number of hydrogen-bond acceptors (Lipinski definition) is 4. The van der Waals surface area contributed by atoms with Gasteiger partial charge in [-0.1, -0.05) is 6.07 Å². The van der Waals surface area contributed by atoms with Crippen molar-refractivity contribution in [1.29, 1.82) is 0 Å². The molecule has 0 amide bonds. The molecule has 0 saturated carbocycles. The summed E-state index contributed by atoms with van der Waals surface area (Å²) in [6.07, 6.45) is 4.74. The summed E-state index contributed by atoms with van der Waals surface area (Å²) in [5, 5.41) is 10.9. The molecule has 0 radical (unpaired) electrons. The highest BCUT2D eigenvalue weighted by Gasteiger charge is 2.05. The van der Waals surface area contributed by atoms with Gasteiger partial charge in [0.1, 0.15) is 0 Å². The minimum absolute atomic E-state index is 0. The molecule has 0 unspecified atom stereocenters. The maximum absolute atomic E-state index is 5.33. The molecule has 0 atom stereocenters. The van der Waals surface area contributed by atoms with Crippen molar-refractivity contribution in [3.63, 3.8) is 0 Å². The Bertz CT molecular complexity index is 703. The predicted molar refractivity (Wildman–Crippen MR) is 115 cm³/mol. The number of nitrogens with one attached hydrogen (secondary N) is 2. The van der Waals surface area contributed by atoms with Crippen LogP contribution in [0.3, 0.4) is 0 Å². The van der Waals surface area contributed by atoms with Gasteiger partial charge in [0.05, 0.1) is 27.0 Å². The number of ether oxygens (including phenoxy) is 2. The lowest BCUT2D eigenvalue weighted by Crippen LogP contribution is -2.39. The first-order valence-electron chi connectivity index (χ1n) is 8.30. The summed E-state index contributed by atoms with van der Waals surface area (Å²) < 4.78 is 12.5. The molecule has 0 spiro atoms. The molecule has 1 aromatic carbocycles. The van der Waals surface area contributed by atoms with Crippen molar-refractivity contribution in [2.24, 2.45) is 4.99 Å². The molecule has 0 aliphatic carbocycles. The smallest absolute Gasteiger partial charge is 0.191 e. The molecular weight excluding hydrogens is 445 g/mol. The minimum atomic E-state index is 0. The van der Waals surface area contributed by atoms with E-state index in [1.54, 1.807) is 21.3 Å². The fourth-order valence-corrected chi connectivity index (χ4v) is 2.46. The number of aliphatic imine (C=N–C) groups is 1. The normalized spacial score (nSPS) is 10.8. The number of hydrogen-bond donors (Lipinski definition) is 2. The van der Waals surface area contributed by atoms with E-state index in [0.717, 1.165) is 49.1 Å². The van der Waals surface area contributed by atoms with Gasteiger partial charge in [-0.15, -0.1) is 24.0 Å². The summed E-state index contributed by atoms with van der Waals surface area (Å²) in [4.78, 5) is 4.24. The van der Waals surface area contributed by atoms with Crippen LogP contribution >= 0.6 is 24.0 Å². The molecule has 0 saturated heterocycles. The molecule has 1 heterocycles. The van der Waals surface area contributed by atoms with E-state index >= 15 is 0 Å². The number of halogens is 1. The van der Waals surface area contributed by atoms with E-state index < -0.39 is 0 Å². The lowest BCUT2D eigenvalue weighted by Gasteiger charge is -2.13. The van der Waals surface area contributed by atoms with Gasteiger partial charge in [-0.25, -0.2) is 0 Å². The molecule has 2 N–H and O–H groups in total. The van der Waals surface area contributed by atoms with Gasteiger partial charge in [0, 0.05) is 26.3 Å². The maximum atomic E-state index is 5.33. The van der Waals surface area contributed by atoms with Crippen molar-refractivity contribution >= 4 is 29.9 Å². The number of guanidine groups is 1. The highest BCUT2D eigenvalue weighted by Crippen LogP contribution is 2.27. The topological polar surface area (TPSA) is 72.7 Å². The summed E-state index contributed by atoms with van der Waals surface area (Å²) in [5.41, 5.74) is 2.34. The largest absolute Gasteiger partial charge is 0.493 e. The first kappa shape index (κ1) is 22.1. The van der Waals surface area contributed by atoms with Crippen LogP contribution in [0.15, 0.2) is 35.6 Å². The number of benzene rings is 1. The molecule has 0 aliphatic heterocycles. The van der Waals surface area contributed by atoms with E-state index in [4.69, 9.17) is 9.47 Å². The van der Waals surface area contributed by atoms with Crippen molar-refractivity contribution in [1.82, 2.24) is 20.4 Å². The van der Waals surface area contributed by atoms with Crippen LogP contribution in [0.2, 0.25) is 0 Å². The molecule has 1 aromatic heterocycles. The molecule has 144 valence electrons. The fraction of sp³-hybridized carbons (Fsp3) is 0.444. The van der Waals surface area contributed by atoms with E-state index in [-0.39, 0.29) is 24.0 Å². The van der Waals surface area contributed by atoms with Gasteiger partial charge >= 0.3 is 0 Å². The Labute approximate surface area is 172 Å². The highest BCUT2D eigenvalue weighted by atomic mass is 127. The standard InChI is InChI=1S/C18H27N5O2.HI/c1-14-12-22-23(13-14)10-9-21-18(19-2)20-8-7-15-5-6-16(24-3)17(11-15)25-4;/h5-6,11-13H,7-10H2,1-4H3,(H2,19,20,21);1H. The van der Waals surface area contributed by atoms with Crippen LogP contribution in [0.4, 0.5) is 0 Å². The molecule has 2 rings (SSSR count). The van der Waals surface area contributed by atoms with Gasteiger partial charge < -0.3 is 20.1 Å². The van der Waals surface area contributed by atoms with Crippen LogP contribution in [0, 0.1) is 6.92 Å². The van der Waals surface area contributed by atoms with Crippen molar-refractivity contribution in [3.8, 4) is 11.5 Å². The third-order valence-corrected chi connectivity index (χ3v) is 3.77. The summed E-state index contributed by atoms with van der Waals surface area (Å²) in [6.45, 7) is 4.36. The van der Waals surface area contributed by atoms with Crippen LogP contribution in [-0.2, 0) is 13.0 Å². The molecule has 0 bridgehead atoms. The Morgan fingerprint density at radius 2 is 1.88 bits per heavy atom. The Balaban J connectivity index is 0.00000338. The average Bonchev–Trinajstić information content (AvgIpc) is 3.05. The van der Waals surface area contributed by atoms with Gasteiger partial charge in [-0.3, -0.25) is 9.67 Å². The summed E-state index contributed by atoms with van der Waals surface area (Å²) in [6, 6.07) is 5.96. The Kier molecular flexibility index (Phi) is 9.85. The number of aromatic nitrogens is 2. The number of nitrogens with zero attached hydrogens (tertiary/aromatic N) is 3. The molecule has 7 nitrogen and oxygen atoms in total. The van der Waals surface area contributed by atoms with Gasteiger partial charge in [0.15, 0.2) is 17.5 Å². The SMILES string of the molecule is CN=C(NCCc1ccc(OC)c(OC)c1)NCCn1cc(C)cn1.I. The molecule has 0 fully saturated rings. The van der Waals surface area contributed by atoms with Crippen molar-refractivity contribution in [3.05, 3.63) is 41.7 Å².